The van der Waals surface area contributed by atoms with Crippen molar-refractivity contribution in [3.05, 3.63) is 28.8 Å². The Kier molecular flexibility index (Phi) is 5.34. The minimum Gasteiger partial charge on any atom is -0.478 e. The van der Waals surface area contributed by atoms with Gasteiger partial charge >= 0.3 is 5.97 Å². The molecule has 0 saturated heterocycles. The summed E-state index contributed by atoms with van der Waals surface area (Å²) in [6.07, 6.45) is 0.312. The summed E-state index contributed by atoms with van der Waals surface area (Å²) in [5.74, 6) is -1.20. The van der Waals surface area contributed by atoms with Crippen molar-refractivity contribution in [1.29, 1.82) is 0 Å². The second kappa shape index (κ2) is 6.36. The molecule has 106 valence electrons. The average Bonchev–Trinajstić information content (AvgIpc) is 2.35. The number of carbonyl (C=O) groups is 1. The molecule has 0 radical (unpaired) electrons. The molecule has 0 amide bonds. The van der Waals surface area contributed by atoms with Crippen molar-refractivity contribution in [1.82, 2.24) is 0 Å². The first-order valence-corrected chi connectivity index (χ1v) is 7.48. The molecule has 0 fully saturated rings. The Hall–Kier alpha value is -1.11. The lowest BCUT2D eigenvalue weighted by Gasteiger charge is -2.14. The molecule has 5 nitrogen and oxygen atoms in total. The van der Waals surface area contributed by atoms with E-state index in [1.54, 1.807) is 0 Å². The van der Waals surface area contributed by atoms with Crippen LogP contribution in [0.2, 0.25) is 5.02 Å². The predicted octanol–water partition coefficient (Wildman–Crippen LogP) is 2.24. The Labute approximate surface area is 117 Å². The number of ether oxygens (including phenoxy) is 1. The van der Waals surface area contributed by atoms with Crippen LogP contribution < -0.4 is 0 Å². The van der Waals surface area contributed by atoms with Gasteiger partial charge in [-0.25, -0.2) is 13.2 Å². The number of benzene rings is 1. The summed E-state index contributed by atoms with van der Waals surface area (Å²) in [6, 6.07) is 3.63. The number of aromatic carboxylic acids is 1. The van der Waals surface area contributed by atoms with E-state index in [2.05, 4.69) is 0 Å². The Morgan fingerprint density at radius 2 is 2.11 bits per heavy atom. The molecule has 1 N–H and O–H groups in total. The molecule has 7 heteroatoms. The van der Waals surface area contributed by atoms with E-state index in [4.69, 9.17) is 21.4 Å². The molecular formula is C12H15ClO5S. The molecule has 0 aromatic heterocycles. The number of hydrogen-bond acceptors (Lipinski definition) is 4. The molecule has 0 saturated carbocycles. The molecular weight excluding hydrogens is 292 g/mol. The molecule has 1 aromatic rings. The summed E-state index contributed by atoms with van der Waals surface area (Å²) in [6.45, 7) is 1.84. The van der Waals surface area contributed by atoms with Crippen molar-refractivity contribution in [3.63, 3.8) is 0 Å². The van der Waals surface area contributed by atoms with Gasteiger partial charge in [-0.3, -0.25) is 0 Å². The van der Waals surface area contributed by atoms with E-state index in [1.807, 2.05) is 0 Å². The van der Waals surface area contributed by atoms with Crippen molar-refractivity contribution in [2.45, 2.75) is 23.5 Å². The highest BCUT2D eigenvalue weighted by Crippen LogP contribution is 2.27. The van der Waals surface area contributed by atoms with Crippen LogP contribution in [-0.4, -0.2) is 38.5 Å². The van der Waals surface area contributed by atoms with Crippen LogP contribution in [0.4, 0.5) is 0 Å². The molecule has 0 aliphatic rings. The highest BCUT2D eigenvalue weighted by Gasteiger charge is 2.26. The number of carboxylic acids is 1. The SMILES string of the molecule is COCCC(C)S(=O)(=O)c1cc(C(=O)O)ccc1Cl. The summed E-state index contributed by atoms with van der Waals surface area (Å²) in [4.78, 5) is 10.7. The third-order valence-electron chi connectivity index (χ3n) is 2.74. The largest absolute Gasteiger partial charge is 0.478 e. The Morgan fingerprint density at radius 1 is 1.47 bits per heavy atom. The van der Waals surface area contributed by atoms with E-state index in [9.17, 15) is 13.2 Å². The van der Waals surface area contributed by atoms with Gasteiger partial charge in [0.05, 0.1) is 20.7 Å². The zero-order valence-corrected chi connectivity index (χ0v) is 12.2. The van der Waals surface area contributed by atoms with Gasteiger partial charge in [0.2, 0.25) is 0 Å². The fourth-order valence-corrected chi connectivity index (χ4v) is 3.42. The molecule has 0 heterocycles. The van der Waals surface area contributed by atoms with E-state index in [0.717, 1.165) is 6.07 Å². The minimum atomic E-state index is -3.67. The monoisotopic (exact) mass is 306 g/mol. The van der Waals surface area contributed by atoms with E-state index in [-0.39, 0.29) is 15.5 Å². The van der Waals surface area contributed by atoms with Crippen LogP contribution in [0.25, 0.3) is 0 Å². The first-order valence-electron chi connectivity index (χ1n) is 5.56. The van der Waals surface area contributed by atoms with Crippen LogP contribution in [-0.2, 0) is 14.6 Å². The highest BCUT2D eigenvalue weighted by molar-refractivity contribution is 7.92. The lowest BCUT2D eigenvalue weighted by Crippen LogP contribution is -2.20. The zero-order chi connectivity index (χ0) is 14.6. The van der Waals surface area contributed by atoms with Crippen LogP contribution in [0.1, 0.15) is 23.7 Å². The Morgan fingerprint density at radius 3 is 2.63 bits per heavy atom. The summed E-state index contributed by atoms with van der Waals surface area (Å²) >= 11 is 5.86. The van der Waals surface area contributed by atoms with Gasteiger partial charge in [-0.1, -0.05) is 11.6 Å². The van der Waals surface area contributed by atoms with Crippen LogP contribution in [0.3, 0.4) is 0 Å². The van der Waals surface area contributed by atoms with Crippen molar-refractivity contribution in [3.8, 4) is 0 Å². The van der Waals surface area contributed by atoms with Gasteiger partial charge in [0.25, 0.3) is 0 Å². The molecule has 1 unspecified atom stereocenters. The van der Waals surface area contributed by atoms with E-state index < -0.39 is 21.1 Å². The minimum absolute atomic E-state index is 0.0225. The standard InChI is InChI=1S/C12H15ClO5S/c1-8(5-6-18-2)19(16,17)11-7-9(12(14)15)3-4-10(11)13/h3-4,7-8H,5-6H2,1-2H3,(H,14,15). The van der Waals surface area contributed by atoms with E-state index in [0.29, 0.717) is 13.0 Å². The molecule has 1 aromatic carbocycles. The molecule has 1 rings (SSSR count). The van der Waals surface area contributed by atoms with Crippen molar-refractivity contribution in [2.75, 3.05) is 13.7 Å². The van der Waals surface area contributed by atoms with Crippen molar-refractivity contribution >= 4 is 27.4 Å². The summed E-state index contributed by atoms with van der Waals surface area (Å²) in [5.41, 5.74) is -0.109. The average molecular weight is 307 g/mol. The van der Waals surface area contributed by atoms with E-state index >= 15 is 0 Å². The Bertz CT molecular complexity index is 567. The quantitative estimate of drug-likeness (QED) is 0.871. The Balaban J connectivity index is 3.20. The van der Waals surface area contributed by atoms with Gasteiger partial charge in [-0.2, -0.15) is 0 Å². The fourth-order valence-electron chi connectivity index (χ4n) is 1.51. The molecule has 0 spiro atoms. The number of hydrogen-bond donors (Lipinski definition) is 1. The second-order valence-corrected chi connectivity index (χ2v) is 6.83. The smallest absolute Gasteiger partial charge is 0.335 e. The van der Waals surface area contributed by atoms with E-state index in [1.165, 1.54) is 26.2 Å². The number of sulfone groups is 1. The normalized spacial score (nSPS) is 13.2. The van der Waals surface area contributed by atoms with Gasteiger partial charge in [0.15, 0.2) is 9.84 Å². The number of carboxylic acid groups (broad SMARTS) is 1. The lowest BCUT2D eigenvalue weighted by atomic mass is 10.2. The summed E-state index contributed by atoms with van der Waals surface area (Å²) in [5, 5.41) is 8.21. The van der Waals surface area contributed by atoms with Gasteiger partial charge in [-0.15, -0.1) is 0 Å². The summed E-state index contributed by atoms with van der Waals surface area (Å²) in [7, 11) is -2.19. The highest BCUT2D eigenvalue weighted by atomic mass is 35.5. The van der Waals surface area contributed by atoms with Gasteiger partial charge in [0.1, 0.15) is 0 Å². The first-order chi connectivity index (χ1) is 8.80. The van der Waals surface area contributed by atoms with Gasteiger partial charge in [0, 0.05) is 13.7 Å². The maximum Gasteiger partial charge on any atom is 0.335 e. The first kappa shape index (κ1) is 15.9. The topological polar surface area (TPSA) is 80.7 Å². The predicted molar refractivity (Wildman–Crippen MR) is 71.6 cm³/mol. The third-order valence-corrected chi connectivity index (χ3v) is 5.43. The zero-order valence-electron chi connectivity index (χ0n) is 10.6. The molecule has 19 heavy (non-hydrogen) atoms. The molecule has 1 atom stereocenters. The van der Waals surface area contributed by atoms with Crippen LogP contribution in [0.5, 0.6) is 0 Å². The molecule has 0 aliphatic heterocycles. The lowest BCUT2D eigenvalue weighted by molar-refractivity contribution is 0.0696. The maximum absolute atomic E-state index is 12.3. The summed E-state index contributed by atoms with van der Waals surface area (Å²) < 4.78 is 29.4. The number of halogens is 1. The fraction of sp³-hybridized carbons (Fsp3) is 0.417. The third kappa shape index (κ3) is 3.68. The maximum atomic E-state index is 12.3. The molecule has 0 bridgehead atoms. The van der Waals surface area contributed by atoms with Crippen LogP contribution in [0.15, 0.2) is 23.1 Å². The van der Waals surface area contributed by atoms with Crippen LogP contribution in [0, 0.1) is 0 Å². The van der Waals surface area contributed by atoms with Gasteiger partial charge in [-0.05, 0) is 31.5 Å². The number of methoxy groups -OCH3 is 1. The second-order valence-electron chi connectivity index (χ2n) is 4.09. The van der Waals surface area contributed by atoms with Crippen LogP contribution >= 0.6 is 11.6 Å². The number of rotatable bonds is 6. The molecule has 0 aliphatic carbocycles. The van der Waals surface area contributed by atoms with Gasteiger partial charge < -0.3 is 9.84 Å². The van der Waals surface area contributed by atoms with Crippen molar-refractivity contribution < 1.29 is 23.1 Å². The van der Waals surface area contributed by atoms with Crippen molar-refractivity contribution in [2.24, 2.45) is 0 Å².